The fourth-order valence-corrected chi connectivity index (χ4v) is 3.57. The number of fused-ring (bicyclic) bond motifs is 2. The van der Waals surface area contributed by atoms with Crippen LogP contribution in [-0.2, 0) is 4.79 Å². The number of anilines is 2. The summed E-state index contributed by atoms with van der Waals surface area (Å²) < 4.78 is 11.2. The number of likely N-dealkylation sites (N-methyl/N-ethyl adjacent to an activating group) is 1. The summed E-state index contributed by atoms with van der Waals surface area (Å²) in [5.41, 5.74) is 1.76. The normalized spacial score (nSPS) is 13.8. The van der Waals surface area contributed by atoms with Crippen LogP contribution in [0.3, 0.4) is 0 Å². The molecule has 1 amide bonds. The van der Waals surface area contributed by atoms with Crippen molar-refractivity contribution >= 4 is 28.1 Å². The molecule has 5 heteroatoms. The zero-order valence-corrected chi connectivity index (χ0v) is 16.1. The average Bonchev–Trinajstić information content (AvgIpc) is 2.74. The van der Waals surface area contributed by atoms with Gasteiger partial charge in [0.1, 0.15) is 19.3 Å². The van der Waals surface area contributed by atoms with Gasteiger partial charge in [0.2, 0.25) is 5.91 Å². The molecule has 0 saturated heterocycles. The van der Waals surface area contributed by atoms with Gasteiger partial charge in [0.25, 0.3) is 0 Å². The molecule has 1 heterocycles. The molecule has 3 aromatic carbocycles. The van der Waals surface area contributed by atoms with E-state index in [1.54, 1.807) is 0 Å². The molecular formula is C23H24N2O3. The Kier molecular flexibility index (Phi) is 5.06. The van der Waals surface area contributed by atoms with Gasteiger partial charge in [0.05, 0.1) is 5.69 Å². The lowest BCUT2D eigenvalue weighted by Gasteiger charge is -2.27. The number of nitrogens with zero attached hydrogens (tertiary/aromatic N) is 1. The summed E-state index contributed by atoms with van der Waals surface area (Å²) in [6.07, 6.45) is 0. The molecule has 0 radical (unpaired) electrons. The number of hydrogen-bond donors (Lipinski definition) is 1. The van der Waals surface area contributed by atoms with E-state index < -0.39 is 0 Å². The number of hydrogen-bond acceptors (Lipinski definition) is 4. The molecule has 3 aromatic rings. The number of nitrogens with one attached hydrogen (secondary N) is 1. The van der Waals surface area contributed by atoms with E-state index in [2.05, 4.69) is 23.5 Å². The number of benzene rings is 3. The van der Waals surface area contributed by atoms with Crippen LogP contribution in [0.1, 0.15) is 13.8 Å². The third-order valence-corrected chi connectivity index (χ3v) is 4.94. The maximum Gasteiger partial charge on any atom is 0.249 e. The van der Waals surface area contributed by atoms with Crippen LogP contribution in [-0.4, -0.2) is 31.7 Å². The van der Waals surface area contributed by atoms with Crippen molar-refractivity contribution in [1.82, 2.24) is 0 Å². The minimum Gasteiger partial charge on any atom is -0.486 e. The second-order valence-corrected chi connectivity index (χ2v) is 6.81. The predicted octanol–water partition coefficient (Wildman–Crippen LogP) is 4.46. The molecule has 0 unspecified atom stereocenters. The van der Waals surface area contributed by atoms with Gasteiger partial charge in [-0.15, -0.1) is 0 Å². The van der Waals surface area contributed by atoms with E-state index in [1.165, 1.54) is 0 Å². The molecule has 4 rings (SSSR count). The van der Waals surface area contributed by atoms with Crippen LogP contribution in [0.15, 0.2) is 60.7 Å². The molecule has 5 nitrogen and oxygen atoms in total. The second kappa shape index (κ2) is 7.80. The number of carbonyl (C=O) groups excluding carboxylic acids is 1. The molecule has 1 atom stereocenters. The summed E-state index contributed by atoms with van der Waals surface area (Å²) in [5, 5.41) is 5.50. The monoisotopic (exact) mass is 376 g/mol. The highest BCUT2D eigenvalue weighted by atomic mass is 16.6. The predicted molar refractivity (Wildman–Crippen MR) is 112 cm³/mol. The Balaban J connectivity index is 1.56. The molecule has 0 saturated carbocycles. The average molecular weight is 376 g/mol. The van der Waals surface area contributed by atoms with E-state index >= 15 is 0 Å². The molecule has 144 valence electrons. The number of amides is 1. The topological polar surface area (TPSA) is 50.8 Å². The van der Waals surface area contributed by atoms with Gasteiger partial charge in [0.15, 0.2) is 11.5 Å². The zero-order chi connectivity index (χ0) is 19.5. The summed E-state index contributed by atoms with van der Waals surface area (Å²) in [7, 11) is 0. The molecule has 0 bridgehead atoms. The summed E-state index contributed by atoms with van der Waals surface area (Å²) in [6.45, 7) is 5.57. The Morgan fingerprint density at radius 3 is 2.61 bits per heavy atom. The van der Waals surface area contributed by atoms with E-state index in [-0.39, 0.29) is 11.9 Å². The first-order valence-electron chi connectivity index (χ1n) is 9.62. The number of carbonyl (C=O) groups is 1. The van der Waals surface area contributed by atoms with Gasteiger partial charge in [-0.3, -0.25) is 4.79 Å². The molecule has 1 aliphatic rings. The lowest BCUT2D eigenvalue weighted by atomic mass is 10.1. The van der Waals surface area contributed by atoms with Crippen LogP contribution in [0.25, 0.3) is 10.8 Å². The summed E-state index contributed by atoms with van der Waals surface area (Å²) in [4.78, 5) is 15.1. The molecule has 0 aliphatic carbocycles. The summed E-state index contributed by atoms with van der Waals surface area (Å²) in [6, 6.07) is 19.5. The molecule has 0 spiro atoms. The van der Waals surface area contributed by atoms with E-state index in [4.69, 9.17) is 9.47 Å². The molecule has 0 fully saturated rings. The van der Waals surface area contributed by atoms with E-state index in [0.29, 0.717) is 25.5 Å². The van der Waals surface area contributed by atoms with Crippen LogP contribution in [0.4, 0.5) is 11.4 Å². The first-order chi connectivity index (χ1) is 13.7. The quantitative estimate of drug-likeness (QED) is 0.714. The Labute approximate surface area is 164 Å². The molecule has 0 aromatic heterocycles. The van der Waals surface area contributed by atoms with Gasteiger partial charge >= 0.3 is 0 Å². The molecular weight excluding hydrogens is 352 g/mol. The highest BCUT2D eigenvalue weighted by Crippen LogP contribution is 2.33. The van der Waals surface area contributed by atoms with Crippen LogP contribution in [0.5, 0.6) is 11.5 Å². The highest BCUT2D eigenvalue weighted by molar-refractivity contribution is 6.06. The van der Waals surface area contributed by atoms with Gasteiger partial charge in [-0.25, -0.2) is 0 Å². The fraction of sp³-hybridized carbons (Fsp3) is 0.261. The number of rotatable bonds is 5. The van der Waals surface area contributed by atoms with Crippen molar-refractivity contribution in [2.75, 3.05) is 30.0 Å². The Hall–Kier alpha value is -3.21. The summed E-state index contributed by atoms with van der Waals surface area (Å²) >= 11 is 0. The molecule has 1 aliphatic heterocycles. The molecule has 1 N–H and O–H groups in total. The Bertz CT molecular complexity index is 997. The minimum atomic E-state index is -0.388. The van der Waals surface area contributed by atoms with Gasteiger partial charge < -0.3 is 19.7 Å². The maximum atomic E-state index is 13.2. The van der Waals surface area contributed by atoms with Gasteiger partial charge in [-0.1, -0.05) is 36.4 Å². The largest absolute Gasteiger partial charge is 0.486 e. The third-order valence-electron chi connectivity index (χ3n) is 4.94. The maximum absolute atomic E-state index is 13.2. The smallest absolute Gasteiger partial charge is 0.249 e. The Morgan fingerprint density at radius 1 is 1.04 bits per heavy atom. The lowest BCUT2D eigenvalue weighted by Crippen LogP contribution is -2.41. The van der Waals surface area contributed by atoms with Crippen LogP contribution in [0, 0.1) is 0 Å². The van der Waals surface area contributed by atoms with Crippen molar-refractivity contribution in [3.63, 3.8) is 0 Å². The second-order valence-electron chi connectivity index (χ2n) is 6.81. The van der Waals surface area contributed by atoms with Crippen LogP contribution in [0.2, 0.25) is 0 Å². The van der Waals surface area contributed by atoms with Crippen LogP contribution < -0.4 is 19.7 Å². The van der Waals surface area contributed by atoms with Crippen molar-refractivity contribution in [2.24, 2.45) is 0 Å². The highest BCUT2D eigenvalue weighted by Gasteiger charge is 2.22. The first-order valence-corrected chi connectivity index (χ1v) is 9.62. The zero-order valence-electron chi connectivity index (χ0n) is 16.1. The standard InChI is InChI=1S/C23H24N2O3/c1-3-25(20-10-6-8-17-7-4-5-9-19(17)20)23(26)16(2)24-18-11-12-21-22(15-18)28-14-13-27-21/h4-12,15-16,24H,3,13-14H2,1-2H3/t16-/m0/s1. The minimum absolute atomic E-state index is 0.0220. The van der Waals surface area contributed by atoms with Crippen LogP contribution >= 0.6 is 0 Å². The van der Waals surface area contributed by atoms with E-state index in [0.717, 1.165) is 27.9 Å². The molecule has 28 heavy (non-hydrogen) atoms. The van der Waals surface area contributed by atoms with Crippen molar-refractivity contribution in [2.45, 2.75) is 19.9 Å². The summed E-state index contributed by atoms with van der Waals surface area (Å²) in [5.74, 6) is 1.47. The van der Waals surface area contributed by atoms with Crippen molar-refractivity contribution < 1.29 is 14.3 Å². The van der Waals surface area contributed by atoms with E-state index in [1.807, 2.05) is 61.2 Å². The van der Waals surface area contributed by atoms with Gasteiger partial charge in [-0.05, 0) is 37.4 Å². The van der Waals surface area contributed by atoms with Gasteiger partial charge in [-0.2, -0.15) is 0 Å². The van der Waals surface area contributed by atoms with Crippen molar-refractivity contribution in [3.05, 3.63) is 60.7 Å². The number of ether oxygens (including phenoxy) is 2. The first kappa shape index (κ1) is 18.2. The van der Waals surface area contributed by atoms with Crippen molar-refractivity contribution in [1.29, 1.82) is 0 Å². The van der Waals surface area contributed by atoms with E-state index in [9.17, 15) is 4.79 Å². The third kappa shape index (κ3) is 3.48. The Morgan fingerprint density at radius 2 is 1.79 bits per heavy atom. The lowest BCUT2D eigenvalue weighted by molar-refractivity contribution is -0.118. The van der Waals surface area contributed by atoms with Crippen molar-refractivity contribution in [3.8, 4) is 11.5 Å². The SMILES string of the molecule is CCN(C(=O)[C@H](C)Nc1ccc2c(c1)OCCO2)c1cccc2ccccc12. The van der Waals surface area contributed by atoms with Gasteiger partial charge in [0, 0.05) is 23.7 Å². The fourth-order valence-electron chi connectivity index (χ4n) is 3.57.